The first-order valence-corrected chi connectivity index (χ1v) is 8.68. The Kier molecular flexibility index (Phi) is 5.31. The van der Waals surface area contributed by atoms with Crippen LogP contribution >= 0.6 is 15.9 Å². The Morgan fingerprint density at radius 2 is 2.05 bits per heavy atom. The number of hydrogen-bond acceptors (Lipinski definition) is 2. The average molecular weight is 357 g/mol. The molecule has 118 valence electrons. The van der Waals surface area contributed by atoms with Crippen molar-refractivity contribution >= 4 is 21.6 Å². The zero-order chi connectivity index (χ0) is 15.6. The summed E-state index contributed by atoms with van der Waals surface area (Å²) in [6.07, 6.45) is 2.21. The first-order valence-electron chi connectivity index (χ1n) is 7.89. The number of nitrogens with one attached hydrogen (secondary N) is 1. The summed E-state index contributed by atoms with van der Waals surface area (Å²) >= 11 is 3.32. The zero-order valence-electron chi connectivity index (χ0n) is 13.4. The predicted molar refractivity (Wildman–Crippen MR) is 91.4 cm³/mol. The van der Waals surface area contributed by atoms with Gasteiger partial charge < -0.3 is 10.2 Å². The molecule has 2 nitrogen and oxygen atoms in total. The maximum Gasteiger partial charge on any atom is 0.137 e. The second-order valence-corrected chi connectivity index (χ2v) is 7.26. The molecule has 1 unspecified atom stereocenters. The summed E-state index contributed by atoms with van der Waals surface area (Å²) in [5.74, 6) is 0.347. The molecule has 21 heavy (non-hydrogen) atoms. The number of piperazine rings is 1. The van der Waals surface area contributed by atoms with E-state index in [2.05, 4.69) is 53.8 Å². The normalized spacial score (nSPS) is 21.9. The van der Waals surface area contributed by atoms with Crippen molar-refractivity contribution in [3.8, 4) is 0 Å². The van der Waals surface area contributed by atoms with E-state index in [1.165, 1.54) is 0 Å². The van der Waals surface area contributed by atoms with Crippen LogP contribution in [0.3, 0.4) is 0 Å². The molecular formula is C17H26BrFN2. The highest BCUT2D eigenvalue weighted by atomic mass is 79.9. The van der Waals surface area contributed by atoms with E-state index < -0.39 is 0 Å². The van der Waals surface area contributed by atoms with Crippen LogP contribution in [0.2, 0.25) is 0 Å². The zero-order valence-corrected chi connectivity index (χ0v) is 15.0. The highest BCUT2D eigenvalue weighted by Crippen LogP contribution is 2.32. The maximum absolute atomic E-state index is 13.5. The van der Waals surface area contributed by atoms with Crippen LogP contribution in [0.5, 0.6) is 0 Å². The molecule has 1 aromatic carbocycles. The van der Waals surface area contributed by atoms with Crippen molar-refractivity contribution in [2.24, 2.45) is 5.92 Å². The van der Waals surface area contributed by atoms with Gasteiger partial charge in [0.2, 0.25) is 0 Å². The summed E-state index contributed by atoms with van der Waals surface area (Å²) < 4.78 is 14.1. The van der Waals surface area contributed by atoms with Crippen molar-refractivity contribution in [3.05, 3.63) is 28.5 Å². The SMILES string of the molecule is CCC1(CC)CN(c2ccc(F)c(Br)c2)C(C(C)C)CN1. The van der Waals surface area contributed by atoms with Crippen molar-refractivity contribution in [1.82, 2.24) is 5.32 Å². The fourth-order valence-corrected chi connectivity index (χ4v) is 3.56. The molecule has 1 aliphatic rings. The predicted octanol–water partition coefficient (Wildman–Crippen LogP) is 4.58. The highest BCUT2D eigenvalue weighted by molar-refractivity contribution is 9.10. The van der Waals surface area contributed by atoms with E-state index in [1.807, 2.05) is 12.1 Å². The average Bonchev–Trinajstić information content (AvgIpc) is 2.49. The molecule has 0 amide bonds. The second kappa shape index (κ2) is 6.66. The van der Waals surface area contributed by atoms with E-state index in [9.17, 15) is 4.39 Å². The van der Waals surface area contributed by atoms with Crippen molar-refractivity contribution in [3.63, 3.8) is 0 Å². The van der Waals surface area contributed by atoms with Gasteiger partial charge >= 0.3 is 0 Å². The number of nitrogens with zero attached hydrogens (tertiary/aromatic N) is 1. The number of anilines is 1. The Bertz CT molecular complexity index is 486. The van der Waals surface area contributed by atoms with Gasteiger partial charge in [-0.2, -0.15) is 0 Å². The van der Waals surface area contributed by atoms with Gasteiger partial charge in [0.05, 0.1) is 4.47 Å². The molecule has 1 heterocycles. The number of benzene rings is 1. The summed E-state index contributed by atoms with van der Waals surface area (Å²) in [5, 5.41) is 3.76. The Morgan fingerprint density at radius 1 is 1.38 bits per heavy atom. The van der Waals surface area contributed by atoms with Gasteiger partial charge in [0.15, 0.2) is 0 Å². The van der Waals surface area contributed by atoms with E-state index in [-0.39, 0.29) is 11.4 Å². The van der Waals surface area contributed by atoms with Gasteiger partial charge in [-0.25, -0.2) is 4.39 Å². The van der Waals surface area contributed by atoms with E-state index in [0.717, 1.165) is 31.6 Å². The molecule has 2 rings (SSSR count). The summed E-state index contributed by atoms with van der Waals surface area (Å²) in [6, 6.07) is 5.80. The molecule has 1 aliphatic heterocycles. The lowest BCUT2D eigenvalue weighted by Crippen LogP contribution is -2.65. The Labute approximate surface area is 136 Å². The van der Waals surface area contributed by atoms with Crippen molar-refractivity contribution in [2.45, 2.75) is 52.1 Å². The quantitative estimate of drug-likeness (QED) is 0.849. The molecule has 0 saturated carbocycles. The van der Waals surface area contributed by atoms with Crippen LogP contribution in [0, 0.1) is 11.7 Å². The molecule has 1 N–H and O–H groups in total. The minimum Gasteiger partial charge on any atom is -0.365 e. The van der Waals surface area contributed by atoms with E-state index in [0.29, 0.717) is 16.4 Å². The van der Waals surface area contributed by atoms with Crippen LogP contribution in [0.25, 0.3) is 0 Å². The van der Waals surface area contributed by atoms with Crippen LogP contribution in [-0.2, 0) is 0 Å². The van der Waals surface area contributed by atoms with Crippen molar-refractivity contribution in [1.29, 1.82) is 0 Å². The molecule has 1 aromatic rings. The molecule has 0 aromatic heterocycles. The van der Waals surface area contributed by atoms with Crippen LogP contribution in [-0.4, -0.2) is 24.7 Å². The molecule has 0 bridgehead atoms. The Balaban J connectivity index is 2.35. The summed E-state index contributed by atoms with van der Waals surface area (Å²) in [5.41, 5.74) is 1.27. The Hall–Kier alpha value is -0.610. The lowest BCUT2D eigenvalue weighted by molar-refractivity contribution is 0.227. The lowest BCUT2D eigenvalue weighted by Gasteiger charge is -2.50. The first-order chi connectivity index (χ1) is 9.92. The Morgan fingerprint density at radius 3 is 2.57 bits per heavy atom. The molecule has 1 fully saturated rings. The van der Waals surface area contributed by atoms with Crippen LogP contribution in [0.1, 0.15) is 40.5 Å². The topological polar surface area (TPSA) is 15.3 Å². The van der Waals surface area contributed by atoms with Crippen molar-refractivity contribution < 1.29 is 4.39 Å². The van der Waals surface area contributed by atoms with Gasteiger partial charge in [-0.1, -0.05) is 27.7 Å². The van der Waals surface area contributed by atoms with Gasteiger partial charge in [-0.05, 0) is 52.9 Å². The first kappa shape index (κ1) is 16.8. The van der Waals surface area contributed by atoms with Crippen LogP contribution < -0.4 is 10.2 Å². The molecule has 0 radical (unpaired) electrons. The summed E-state index contributed by atoms with van der Waals surface area (Å²) in [6.45, 7) is 10.9. The molecule has 1 saturated heterocycles. The summed E-state index contributed by atoms with van der Waals surface area (Å²) in [7, 11) is 0. The van der Waals surface area contributed by atoms with E-state index in [1.54, 1.807) is 6.07 Å². The molecule has 1 atom stereocenters. The van der Waals surface area contributed by atoms with Gasteiger partial charge in [-0.3, -0.25) is 0 Å². The van der Waals surface area contributed by atoms with Crippen LogP contribution in [0.4, 0.5) is 10.1 Å². The number of halogens is 2. The molecule has 0 spiro atoms. The third-order valence-electron chi connectivity index (χ3n) is 4.92. The fraction of sp³-hybridized carbons (Fsp3) is 0.647. The van der Waals surface area contributed by atoms with Crippen molar-refractivity contribution in [2.75, 3.05) is 18.0 Å². The highest BCUT2D eigenvalue weighted by Gasteiger charge is 2.38. The second-order valence-electron chi connectivity index (χ2n) is 6.41. The van der Waals surface area contributed by atoms with Gasteiger partial charge in [0.1, 0.15) is 5.82 Å². The third-order valence-corrected chi connectivity index (χ3v) is 5.53. The van der Waals surface area contributed by atoms with Gasteiger partial charge in [0.25, 0.3) is 0 Å². The molecule has 0 aliphatic carbocycles. The lowest BCUT2D eigenvalue weighted by atomic mass is 9.86. The third kappa shape index (κ3) is 3.42. The molecular weight excluding hydrogens is 331 g/mol. The van der Waals surface area contributed by atoms with E-state index in [4.69, 9.17) is 0 Å². The summed E-state index contributed by atoms with van der Waals surface area (Å²) in [4.78, 5) is 2.46. The van der Waals surface area contributed by atoms with Crippen LogP contribution in [0.15, 0.2) is 22.7 Å². The molecule has 4 heteroatoms. The van der Waals surface area contributed by atoms with Gasteiger partial charge in [0, 0.05) is 30.4 Å². The van der Waals surface area contributed by atoms with E-state index >= 15 is 0 Å². The smallest absolute Gasteiger partial charge is 0.137 e. The standard InChI is InChI=1S/C17H26BrFN2/c1-5-17(6-2)11-21(16(10-20-17)12(3)4)13-7-8-15(19)14(18)9-13/h7-9,12,16,20H,5-6,10-11H2,1-4H3. The minimum absolute atomic E-state index is 0.159. The fourth-order valence-electron chi connectivity index (χ4n) is 3.20. The maximum atomic E-state index is 13.5. The number of rotatable bonds is 4. The van der Waals surface area contributed by atoms with Gasteiger partial charge in [-0.15, -0.1) is 0 Å². The largest absolute Gasteiger partial charge is 0.365 e. The number of hydrogen-bond donors (Lipinski definition) is 1. The monoisotopic (exact) mass is 356 g/mol. The minimum atomic E-state index is -0.202.